The maximum absolute atomic E-state index is 10.9. The van der Waals surface area contributed by atoms with Gasteiger partial charge in [0.05, 0.1) is 17.0 Å². The first-order valence-corrected chi connectivity index (χ1v) is 7.62. The van der Waals surface area contributed by atoms with Crippen molar-refractivity contribution in [2.24, 2.45) is 5.92 Å². The molecule has 0 radical (unpaired) electrons. The van der Waals surface area contributed by atoms with Gasteiger partial charge in [-0.15, -0.1) is 0 Å². The summed E-state index contributed by atoms with van der Waals surface area (Å²) in [5.41, 5.74) is 2.09. The van der Waals surface area contributed by atoms with E-state index in [2.05, 4.69) is 15.3 Å². The van der Waals surface area contributed by atoms with Crippen LogP contribution in [0.2, 0.25) is 0 Å². The molecule has 2 aromatic rings. The van der Waals surface area contributed by atoms with Crippen LogP contribution in [0, 0.1) is 5.92 Å². The quantitative estimate of drug-likeness (QED) is 0.788. The van der Waals surface area contributed by atoms with E-state index in [-0.39, 0.29) is 5.92 Å². The molecule has 112 valence electrons. The van der Waals surface area contributed by atoms with Crippen molar-refractivity contribution in [3.8, 4) is 0 Å². The number of aromatic amines is 1. The molecule has 5 heteroatoms. The Bertz CT molecular complexity index is 582. The molecule has 3 N–H and O–H groups in total. The molecule has 3 rings (SSSR count). The number of benzene rings is 1. The van der Waals surface area contributed by atoms with Crippen LogP contribution in [-0.2, 0) is 11.2 Å². The number of hydrogen-bond acceptors (Lipinski definition) is 3. The zero-order chi connectivity index (χ0) is 14.7. The van der Waals surface area contributed by atoms with Crippen LogP contribution in [-0.4, -0.2) is 33.6 Å². The van der Waals surface area contributed by atoms with E-state index in [9.17, 15) is 4.79 Å². The van der Waals surface area contributed by atoms with Gasteiger partial charge in [0.25, 0.3) is 0 Å². The Morgan fingerprint density at radius 3 is 2.76 bits per heavy atom. The largest absolute Gasteiger partial charge is 0.481 e. The van der Waals surface area contributed by atoms with Crippen molar-refractivity contribution < 1.29 is 9.90 Å². The first-order chi connectivity index (χ1) is 10.2. The molecule has 0 unspecified atom stereocenters. The molecule has 0 bridgehead atoms. The van der Waals surface area contributed by atoms with E-state index >= 15 is 0 Å². The molecular formula is C16H21N3O2. The monoisotopic (exact) mass is 287 g/mol. The topological polar surface area (TPSA) is 78.0 Å². The first kappa shape index (κ1) is 14.1. The number of hydrogen-bond donors (Lipinski definition) is 3. The zero-order valence-electron chi connectivity index (χ0n) is 12.0. The van der Waals surface area contributed by atoms with Crippen LogP contribution in [0.4, 0.5) is 0 Å². The minimum atomic E-state index is -0.643. The van der Waals surface area contributed by atoms with Gasteiger partial charge < -0.3 is 15.4 Å². The van der Waals surface area contributed by atoms with Gasteiger partial charge in [-0.3, -0.25) is 4.79 Å². The van der Waals surface area contributed by atoms with Crippen molar-refractivity contribution in [3.05, 3.63) is 30.1 Å². The second-order valence-corrected chi connectivity index (χ2v) is 5.79. The summed E-state index contributed by atoms with van der Waals surface area (Å²) >= 11 is 0. The number of aliphatic carboxylic acids is 1. The number of H-pyrrole nitrogens is 1. The minimum Gasteiger partial charge on any atom is -0.481 e. The third-order valence-electron chi connectivity index (χ3n) is 4.31. The lowest BCUT2D eigenvalue weighted by Crippen LogP contribution is -2.36. The highest BCUT2D eigenvalue weighted by atomic mass is 16.4. The summed E-state index contributed by atoms with van der Waals surface area (Å²) in [5.74, 6) is 0.220. The first-order valence-electron chi connectivity index (χ1n) is 7.62. The molecule has 1 saturated carbocycles. The highest BCUT2D eigenvalue weighted by Gasteiger charge is 2.25. The van der Waals surface area contributed by atoms with Gasteiger partial charge in [0, 0.05) is 19.0 Å². The van der Waals surface area contributed by atoms with Crippen LogP contribution in [0.5, 0.6) is 0 Å². The summed E-state index contributed by atoms with van der Waals surface area (Å²) in [4.78, 5) is 18.8. The van der Waals surface area contributed by atoms with Gasteiger partial charge >= 0.3 is 5.97 Å². The average Bonchev–Trinajstić information content (AvgIpc) is 2.90. The SMILES string of the molecule is O=C(O)C1CCC(NCCc2nc3ccccc3[nH]2)CC1. The van der Waals surface area contributed by atoms with E-state index < -0.39 is 5.97 Å². The van der Waals surface area contributed by atoms with Crippen molar-refractivity contribution in [1.29, 1.82) is 0 Å². The van der Waals surface area contributed by atoms with Gasteiger partial charge in [0.15, 0.2) is 0 Å². The van der Waals surface area contributed by atoms with Gasteiger partial charge in [-0.25, -0.2) is 4.98 Å². The second kappa shape index (κ2) is 6.26. The molecule has 0 spiro atoms. The van der Waals surface area contributed by atoms with Crippen LogP contribution < -0.4 is 5.32 Å². The van der Waals surface area contributed by atoms with E-state index in [1.54, 1.807) is 0 Å². The Morgan fingerprint density at radius 2 is 2.05 bits per heavy atom. The highest BCUT2D eigenvalue weighted by Crippen LogP contribution is 2.24. The summed E-state index contributed by atoms with van der Waals surface area (Å²) in [6.07, 6.45) is 4.36. The number of imidazole rings is 1. The molecule has 0 amide bonds. The fourth-order valence-corrected chi connectivity index (χ4v) is 3.06. The summed E-state index contributed by atoms with van der Waals surface area (Å²) in [6, 6.07) is 8.49. The Labute approximate surface area is 123 Å². The van der Waals surface area contributed by atoms with Gasteiger partial charge in [-0.05, 0) is 37.8 Å². The summed E-state index contributed by atoms with van der Waals surface area (Å²) < 4.78 is 0. The Hall–Kier alpha value is -1.88. The molecule has 0 aliphatic heterocycles. The number of aromatic nitrogens is 2. The molecule has 0 saturated heterocycles. The summed E-state index contributed by atoms with van der Waals surface area (Å²) in [5, 5.41) is 12.5. The molecule has 21 heavy (non-hydrogen) atoms. The number of para-hydroxylation sites is 2. The lowest BCUT2D eigenvalue weighted by atomic mass is 9.86. The van der Waals surface area contributed by atoms with Crippen molar-refractivity contribution in [2.75, 3.05) is 6.54 Å². The van der Waals surface area contributed by atoms with Crippen LogP contribution >= 0.6 is 0 Å². The molecule has 1 fully saturated rings. The third-order valence-corrected chi connectivity index (χ3v) is 4.31. The van der Waals surface area contributed by atoms with Crippen molar-refractivity contribution in [3.63, 3.8) is 0 Å². The number of nitrogens with one attached hydrogen (secondary N) is 2. The molecule has 1 aromatic carbocycles. The maximum Gasteiger partial charge on any atom is 0.306 e. The highest BCUT2D eigenvalue weighted by molar-refractivity contribution is 5.74. The fourth-order valence-electron chi connectivity index (χ4n) is 3.06. The van der Waals surface area contributed by atoms with E-state index in [1.165, 1.54) is 0 Å². The van der Waals surface area contributed by atoms with E-state index in [4.69, 9.17) is 5.11 Å². The molecule has 0 atom stereocenters. The molecule has 5 nitrogen and oxygen atoms in total. The Morgan fingerprint density at radius 1 is 1.29 bits per heavy atom. The number of carbonyl (C=O) groups is 1. The minimum absolute atomic E-state index is 0.140. The van der Waals surface area contributed by atoms with Gasteiger partial charge in [0.1, 0.15) is 5.82 Å². The molecule has 1 heterocycles. The van der Waals surface area contributed by atoms with Crippen molar-refractivity contribution in [1.82, 2.24) is 15.3 Å². The number of fused-ring (bicyclic) bond motifs is 1. The predicted molar refractivity (Wildman–Crippen MR) is 81.2 cm³/mol. The van der Waals surface area contributed by atoms with Gasteiger partial charge in [0.2, 0.25) is 0 Å². The number of nitrogens with zero attached hydrogens (tertiary/aromatic N) is 1. The lowest BCUT2D eigenvalue weighted by molar-refractivity contribution is -0.142. The number of rotatable bonds is 5. The Kier molecular flexibility index (Phi) is 4.20. The fraction of sp³-hybridized carbons (Fsp3) is 0.500. The molecule has 1 aliphatic carbocycles. The van der Waals surface area contributed by atoms with Crippen LogP contribution in [0.3, 0.4) is 0 Å². The Balaban J connectivity index is 1.45. The predicted octanol–water partition coefficient (Wildman–Crippen LogP) is 2.34. The molecule has 1 aliphatic rings. The van der Waals surface area contributed by atoms with Crippen molar-refractivity contribution >= 4 is 17.0 Å². The lowest BCUT2D eigenvalue weighted by Gasteiger charge is -2.26. The van der Waals surface area contributed by atoms with Crippen LogP contribution in [0.1, 0.15) is 31.5 Å². The van der Waals surface area contributed by atoms with Gasteiger partial charge in [-0.2, -0.15) is 0 Å². The van der Waals surface area contributed by atoms with E-state index in [0.717, 1.165) is 55.5 Å². The van der Waals surface area contributed by atoms with Crippen LogP contribution in [0.25, 0.3) is 11.0 Å². The van der Waals surface area contributed by atoms with Gasteiger partial charge in [-0.1, -0.05) is 12.1 Å². The summed E-state index contributed by atoms with van der Waals surface area (Å²) in [6.45, 7) is 0.877. The maximum atomic E-state index is 10.9. The smallest absolute Gasteiger partial charge is 0.306 e. The second-order valence-electron chi connectivity index (χ2n) is 5.79. The van der Waals surface area contributed by atoms with Crippen LogP contribution in [0.15, 0.2) is 24.3 Å². The number of carboxylic acid groups (broad SMARTS) is 1. The molecule has 1 aromatic heterocycles. The third kappa shape index (κ3) is 3.42. The zero-order valence-corrected chi connectivity index (χ0v) is 12.0. The van der Waals surface area contributed by atoms with E-state index in [1.807, 2.05) is 24.3 Å². The standard InChI is InChI=1S/C16H21N3O2/c20-16(21)11-5-7-12(8-6-11)17-10-9-15-18-13-3-1-2-4-14(13)19-15/h1-4,11-12,17H,5-10H2,(H,18,19)(H,20,21). The van der Waals surface area contributed by atoms with E-state index in [0.29, 0.717) is 6.04 Å². The summed E-state index contributed by atoms with van der Waals surface area (Å²) in [7, 11) is 0. The average molecular weight is 287 g/mol. The molecular weight excluding hydrogens is 266 g/mol. The normalized spacial score (nSPS) is 22.5. The van der Waals surface area contributed by atoms with Crippen molar-refractivity contribution in [2.45, 2.75) is 38.1 Å². The number of carboxylic acids is 1.